The molecule has 0 atom stereocenters. The minimum Gasteiger partial charge on any atom is -0.366 e. The summed E-state index contributed by atoms with van der Waals surface area (Å²) in [5.41, 5.74) is 0. The molecule has 0 unspecified atom stereocenters. The van der Waals surface area contributed by atoms with E-state index in [1.807, 2.05) is 0 Å². The Labute approximate surface area is 126 Å². The molecule has 0 amide bonds. The van der Waals surface area contributed by atoms with E-state index in [0.29, 0.717) is 23.8 Å². The molecule has 1 aromatic rings. The van der Waals surface area contributed by atoms with Crippen molar-refractivity contribution in [1.29, 1.82) is 0 Å². The summed E-state index contributed by atoms with van der Waals surface area (Å²) in [6.07, 6.45) is 10.7. The van der Waals surface area contributed by atoms with Crippen molar-refractivity contribution in [2.45, 2.75) is 43.0 Å². The summed E-state index contributed by atoms with van der Waals surface area (Å²) >= 11 is 0. The van der Waals surface area contributed by atoms with Crippen molar-refractivity contribution < 1.29 is 8.42 Å². The number of hydrogen-bond acceptors (Lipinski definition) is 4. The van der Waals surface area contributed by atoms with E-state index in [1.54, 1.807) is 22.6 Å². The van der Waals surface area contributed by atoms with Crippen molar-refractivity contribution in [2.75, 3.05) is 18.4 Å². The SMILES string of the molecule is O=S(=O)(c1cccnc1NC1CC=CC1)N1CCCCC1. The van der Waals surface area contributed by atoms with Crippen LogP contribution in [0, 0.1) is 0 Å². The summed E-state index contributed by atoms with van der Waals surface area (Å²) < 4.78 is 27.2. The van der Waals surface area contributed by atoms with E-state index in [0.717, 1.165) is 32.1 Å². The van der Waals surface area contributed by atoms with Gasteiger partial charge in [-0.3, -0.25) is 0 Å². The molecular weight excluding hydrogens is 286 g/mol. The number of nitrogens with one attached hydrogen (secondary N) is 1. The molecule has 0 radical (unpaired) electrons. The average Bonchev–Trinajstić information content (AvgIpc) is 3.01. The normalized spacial score (nSPS) is 20.8. The second kappa shape index (κ2) is 6.15. The maximum Gasteiger partial charge on any atom is 0.246 e. The van der Waals surface area contributed by atoms with Crippen LogP contribution in [-0.4, -0.2) is 36.8 Å². The molecular formula is C15H21N3O2S. The van der Waals surface area contributed by atoms with Gasteiger partial charge >= 0.3 is 0 Å². The molecule has 0 spiro atoms. The van der Waals surface area contributed by atoms with Crippen LogP contribution in [-0.2, 0) is 10.0 Å². The molecule has 1 aromatic heterocycles. The third-order valence-electron chi connectivity index (χ3n) is 4.05. The van der Waals surface area contributed by atoms with Gasteiger partial charge in [0.15, 0.2) is 0 Å². The zero-order chi connectivity index (χ0) is 14.7. The molecule has 2 heterocycles. The van der Waals surface area contributed by atoms with Gasteiger partial charge in [-0.25, -0.2) is 13.4 Å². The lowest BCUT2D eigenvalue weighted by molar-refractivity contribution is 0.346. The van der Waals surface area contributed by atoms with E-state index < -0.39 is 10.0 Å². The summed E-state index contributed by atoms with van der Waals surface area (Å²) in [6.45, 7) is 1.23. The van der Waals surface area contributed by atoms with E-state index in [9.17, 15) is 8.42 Å². The van der Waals surface area contributed by atoms with E-state index in [1.165, 1.54) is 0 Å². The second-order valence-electron chi connectivity index (χ2n) is 5.60. The van der Waals surface area contributed by atoms with Gasteiger partial charge in [-0.05, 0) is 37.8 Å². The van der Waals surface area contributed by atoms with Crippen LogP contribution in [0.5, 0.6) is 0 Å². The molecule has 5 nitrogen and oxygen atoms in total. The van der Waals surface area contributed by atoms with Crippen molar-refractivity contribution >= 4 is 15.8 Å². The predicted molar refractivity (Wildman–Crippen MR) is 82.6 cm³/mol. The molecule has 2 aliphatic rings. The number of rotatable bonds is 4. The minimum atomic E-state index is -3.45. The number of pyridine rings is 1. The Hall–Kier alpha value is -1.40. The van der Waals surface area contributed by atoms with Gasteiger partial charge in [0.2, 0.25) is 10.0 Å². The van der Waals surface area contributed by atoms with Gasteiger partial charge in [0.05, 0.1) is 0 Å². The van der Waals surface area contributed by atoms with Crippen LogP contribution in [0.4, 0.5) is 5.82 Å². The molecule has 1 fully saturated rings. The highest BCUT2D eigenvalue weighted by Gasteiger charge is 2.29. The van der Waals surface area contributed by atoms with Crippen LogP contribution in [0.15, 0.2) is 35.4 Å². The van der Waals surface area contributed by atoms with E-state index in [-0.39, 0.29) is 6.04 Å². The molecule has 1 aliphatic carbocycles. The molecule has 0 saturated carbocycles. The van der Waals surface area contributed by atoms with Crippen molar-refractivity contribution in [2.24, 2.45) is 0 Å². The fraction of sp³-hybridized carbons (Fsp3) is 0.533. The highest BCUT2D eigenvalue weighted by atomic mass is 32.2. The smallest absolute Gasteiger partial charge is 0.246 e. The van der Waals surface area contributed by atoms with Crippen molar-refractivity contribution in [3.63, 3.8) is 0 Å². The zero-order valence-corrected chi connectivity index (χ0v) is 12.8. The average molecular weight is 307 g/mol. The summed E-state index contributed by atoms with van der Waals surface area (Å²) in [6, 6.07) is 3.59. The van der Waals surface area contributed by atoms with Gasteiger partial charge in [0, 0.05) is 25.3 Å². The lowest BCUT2D eigenvalue weighted by Crippen LogP contribution is -2.36. The quantitative estimate of drug-likeness (QED) is 0.868. The molecule has 3 rings (SSSR count). The van der Waals surface area contributed by atoms with Gasteiger partial charge in [0.1, 0.15) is 10.7 Å². The van der Waals surface area contributed by atoms with Gasteiger partial charge in [0.25, 0.3) is 0 Å². The van der Waals surface area contributed by atoms with Crippen LogP contribution in [0.25, 0.3) is 0 Å². The Morgan fingerprint density at radius 3 is 2.57 bits per heavy atom. The first-order chi connectivity index (χ1) is 10.2. The Kier molecular flexibility index (Phi) is 4.26. The number of anilines is 1. The fourth-order valence-corrected chi connectivity index (χ4v) is 4.50. The molecule has 21 heavy (non-hydrogen) atoms. The number of sulfonamides is 1. The summed E-state index contributed by atoms with van der Waals surface area (Å²) in [4.78, 5) is 4.56. The van der Waals surface area contributed by atoms with Crippen LogP contribution < -0.4 is 5.32 Å². The molecule has 6 heteroatoms. The predicted octanol–water partition coefficient (Wildman–Crippen LogP) is 2.39. The molecule has 0 bridgehead atoms. The molecule has 1 N–H and O–H groups in total. The van der Waals surface area contributed by atoms with E-state index in [2.05, 4.69) is 22.5 Å². The van der Waals surface area contributed by atoms with Crippen molar-refractivity contribution in [1.82, 2.24) is 9.29 Å². The van der Waals surface area contributed by atoms with Gasteiger partial charge < -0.3 is 5.32 Å². The highest BCUT2D eigenvalue weighted by Crippen LogP contribution is 2.27. The minimum absolute atomic E-state index is 0.246. The first-order valence-electron chi connectivity index (χ1n) is 7.54. The largest absolute Gasteiger partial charge is 0.366 e. The summed E-state index contributed by atoms with van der Waals surface area (Å²) in [7, 11) is -3.45. The van der Waals surface area contributed by atoms with Gasteiger partial charge in [-0.1, -0.05) is 18.6 Å². The molecule has 1 saturated heterocycles. The Morgan fingerprint density at radius 2 is 1.86 bits per heavy atom. The third-order valence-corrected chi connectivity index (χ3v) is 5.98. The monoisotopic (exact) mass is 307 g/mol. The fourth-order valence-electron chi connectivity index (χ4n) is 2.88. The maximum atomic E-state index is 12.8. The van der Waals surface area contributed by atoms with Crippen LogP contribution in [0.2, 0.25) is 0 Å². The first-order valence-corrected chi connectivity index (χ1v) is 8.98. The first kappa shape index (κ1) is 14.5. The van der Waals surface area contributed by atoms with E-state index >= 15 is 0 Å². The summed E-state index contributed by atoms with van der Waals surface area (Å²) in [5, 5.41) is 3.28. The highest BCUT2D eigenvalue weighted by molar-refractivity contribution is 7.89. The van der Waals surface area contributed by atoms with Crippen LogP contribution in [0.3, 0.4) is 0 Å². The van der Waals surface area contributed by atoms with Crippen molar-refractivity contribution in [3.8, 4) is 0 Å². The Balaban J connectivity index is 1.86. The molecule has 1 aliphatic heterocycles. The van der Waals surface area contributed by atoms with Gasteiger partial charge in [-0.2, -0.15) is 4.31 Å². The third kappa shape index (κ3) is 3.11. The van der Waals surface area contributed by atoms with E-state index in [4.69, 9.17) is 0 Å². The number of aromatic nitrogens is 1. The number of nitrogens with zero attached hydrogens (tertiary/aromatic N) is 2. The lowest BCUT2D eigenvalue weighted by atomic mass is 10.2. The molecule has 114 valence electrons. The Bertz CT molecular complexity index is 614. The zero-order valence-electron chi connectivity index (χ0n) is 12.0. The van der Waals surface area contributed by atoms with Gasteiger partial charge in [-0.15, -0.1) is 0 Å². The second-order valence-corrected chi connectivity index (χ2v) is 7.51. The van der Waals surface area contributed by atoms with Crippen LogP contribution >= 0.6 is 0 Å². The number of hydrogen-bond donors (Lipinski definition) is 1. The summed E-state index contributed by atoms with van der Waals surface area (Å²) in [5.74, 6) is 0.483. The molecule has 0 aromatic carbocycles. The topological polar surface area (TPSA) is 62.3 Å². The Morgan fingerprint density at radius 1 is 1.14 bits per heavy atom. The standard InChI is InChI=1S/C15H21N3O2S/c19-21(20,18-11-4-1-5-12-18)14-9-6-10-16-15(14)17-13-7-2-3-8-13/h2-3,6,9-10,13H,1,4-5,7-8,11-12H2,(H,16,17). The van der Waals surface area contributed by atoms with Crippen LogP contribution in [0.1, 0.15) is 32.1 Å². The number of piperidine rings is 1. The lowest BCUT2D eigenvalue weighted by Gasteiger charge is -2.27. The maximum absolute atomic E-state index is 12.8. The van der Waals surface area contributed by atoms with Crippen molar-refractivity contribution in [3.05, 3.63) is 30.5 Å².